The normalized spacial score (nSPS) is 16.7. The topological polar surface area (TPSA) is 38.3 Å². The first-order chi connectivity index (χ1) is 9.11. The Morgan fingerprint density at radius 1 is 1.26 bits per heavy atom. The smallest absolute Gasteiger partial charge is 0.220 e. The third kappa shape index (κ3) is 4.06. The van der Waals surface area contributed by atoms with Gasteiger partial charge in [-0.25, -0.2) is 0 Å². The summed E-state index contributed by atoms with van der Waals surface area (Å²) in [6.07, 6.45) is 2.42. The van der Waals surface area contributed by atoms with Gasteiger partial charge in [-0.2, -0.15) is 0 Å². The van der Waals surface area contributed by atoms with E-state index in [-0.39, 0.29) is 11.3 Å². The van der Waals surface area contributed by atoms with Crippen LogP contribution in [-0.2, 0) is 22.4 Å². The predicted octanol–water partition coefficient (Wildman–Crippen LogP) is 2.33. The highest BCUT2D eigenvalue weighted by Crippen LogP contribution is 2.25. The van der Waals surface area contributed by atoms with Crippen LogP contribution in [0, 0.1) is 5.41 Å². The van der Waals surface area contributed by atoms with E-state index in [0.717, 1.165) is 32.6 Å². The Labute approximate surface area is 115 Å². The van der Waals surface area contributed by atoms with E-state index in [1.54, 1.807) is 0 Å². The number of amides is 1. The van der Waals surface area contributed by atoms with Crippen molar-refractivity contribution in [2.75, 3.05) is 19.8 Å². The van der Waals surface area contributed by atoms with Crippen LogP contribution in [0.4, 0.5) is 0 Å². The minimum Gasteiger partial charge on any atom is -0.380 e. The summed E-state index contributed by atoms with van der Waals surface area (Å²) >= 11 is 0. The van der Waals surface area contributed by atoms with Gasteiger partial charge < -0.3 is 10.1 Å². The quantitative estimate of drug-likeness (QED) is 0.853. The molecule has 1 aromatic rings. The van der Waals surface area contributed by atoms with Gasteiger partial charge in [0.25, 0.3) is 0 Å². The van der Waals surface area contributed by atoms with Gasteiger partial charge in [0.15, 0.2) is 0 Å². The molecule has 1 saturated heterocycles. The molecule has 0 atom stereocenters. The van der Waals surface area contributed by atoms with Crippen molar-refractivity contribution in [1.82, 2.24) is 5.32 Å². The van der Waals surface area contributed by atoms with Crippen molar-refractivity contribution >= 4 is 5.91 Å². The summed E-state index contributed by atoms with van der Waals surface area (Å²) in [7, 11) is 0. The van der Waals surface area contributed by atoms with E-state index in [2.05, 4.69) is 43.4 Å². The van der Waals surface area contributed by atoms with Crippen molar-refractivity contribution in [2.45, 2.75) is 33.1 Å². The molecular formula is C16H23NO2. The highest BCUT2D eigenvalue weighted by molar-refractivity contribution is 5.76. The van der Waals surface area contributed by atoms with Crippen LogP contribution in [0.1, 0.15) is 31.4 Å². The maximum atomic E-state index is 11.8. The molecule has 0 saturated carbocycles. The number of aryl methyl sites for hydroxylation is 2. The number of ether oxygens (including phenoxy) is 1. The number of benzene rings is 1. The van der Waals surface area contributed by atoms with Gasteiger partial charge in [-0.05, 0) is 24.0 Å². The van der Waals surface area contributed by atoms with Crippen LogP contribution in [0.25, 0.3) is 0 Å². The first kappa shape index (κ1) is 14.1. The summed E-state index contributed by atoms with van der Waals surface area (Å²) in [6.45, 7) is 6.52. The molecule has 3 heteroatoms. The van der Waals surface area contributed by atoms with Crippen LogP contribution < -0.4 is 5.32 Å². The minimum atomic E-state index is 0.132. The molecule has 3 nitrogen and oxygen atoms in total. The number of nitrogens with one attached hydrogen (secondary N) is 1. The number of carbonyl (C=O) groups is 1. The molecular weight excluding hydrogens is 238 g/mol. The number of hydrogen-bond donors (Lipinski definition) is 1. The molecule has 0 bridgehead atoms. The van der Waals surface area contributed by atoms with Gasteiger partial charge in [-0.15, -0.1) is 0 Å². The largest absolute Gasteiger partial charge is 0.380 e. The Morgan fingerprint density at radius 2 is 1.89 bits per heavy atom. The lowest BCUT2D eigenvalue weighted by Gasteiger charge is -2.38. The predicted molar refractivity (Wildman–Crippen MR) is 76.1 cm³/mol. The highest BCUT2D eigenvalue weighted by atomic mass is 16.5. The summed E-state index contributed by atoms with van der Waals surface area (Å²) < 4.78 is 5.17. The van der Waals surface area contributed by atoms with Gasteiger partial charge >= 0.3 is 0 Å². The van der Waals surface area contributed by atoms with Crippen LogP contribution >= 0.6 is 0 Å². The molecule has 1 aliphatic heterocycles. The lowest BCUT2D eigenvalue weighted by atomic mass is 9.89. The van der Waals surface area contributed by atoms with Crippen LogP contribution in [-0.4, -0.2) is 25.7 Å². The van der Waals surface area contributed by atoms with Crippen LogP contribution in [0.15, 0.2) is 24.3 Å². The lowest BCUT2D eigenvalue weighted by Crippen LogP contribution is -2.48. The second-order valence-corrected chi connectivity index (χ2v) is 5.75. The van der Waals surface area contributed by atoms with Gasteiger partial charge in [0.1, 0.15) is 0 Å². The van der Waals surface area contributed by atoms with E-state index in [9.17, 15) is 4.79 Å². The zero-order valence-corrected chi connectivity index (χ0v) is 11.9. The monoisotopic (exact) mass is 261 g/mol. The van der Waals surface area contributed by atoms with E-state index < -0.39 is 0 Å². The maximum absolute atomic E-state index is 11.8. The minimum absolute atomic E-state index is 0.132. The van der Waals surface area contributed by atoms with Crippen LogP contribution in [0.2, 0.25) is 0 Å². The second kappa shape index (κ2) is 6.20. The van der Waals surface area contributed by atoms with Crippen LogP contribution in [0.3, 0.4) is 0 Å². The standard InChI is InChI=1S/C16H23NO2/c1-3-13-4-6-14(7-5-13)8-9-15(18)17-10-16(2)11-19-12-16/h4-7H,3,8-12H2,1-2H3,(H,17,18). The van der Waals surface area contributed by atoms with Crippen molar-refractivity contribution in [3.63, 3.8) is 0 Å². The van der Waals surface area contributed by atoms with Gasteiger partial charge in [0.05, 0.1) is 13.2 Å². The molecule has 0 aromatic heterocycles. The maximum Gasteiger partial charge on any atom is 0.220 e. The molecule has 1 fully saturated rings. The number of hydrogen-bond acceptors (Lipinski definition) is 2. The average molecular weight is 261 g/mol. The summed E-state index contributed by atoms with van der Waals surface area (Å²) in [5.74, 6) is 0.132. The fourth-order valence-corrected chi connectivity index (χ4v) is 2.15. The second-order valence-electron chi connectivity index (χ2n) is 5.75. The summed E-state index contributed by atoms with van der Waals surface area (Å²) in [4.78, 5) is 11.8. The molecule has 1 N–H and O–H groups in total. The number of carbonyl (C=O) groups excluding carboxylic acids is 1. The van der Waals surface area contributed by atoms with Crippen molar-refractivity contribution in [2.24, 2.45) is 5.41 Å². The fourth-order valence-electron chi connectivity index (χ4n) is 2.15. The zero-order valence-electron chi connectivity index (χ0n) is 11.9. The Balaban J connectivity index is 1.70. The summed E-state index contributed by atoms with van der Waals surface area (Å²) in [5.41, 5.74) is 2.72. The first-order valence-corrected chi connectivity index (χ1v) is 7.03. The highest BCUT2D eigenvalue weighted by Gasteiger charge is 2.33. The Hall–Kier alpha value is -1.35. The van der Waals surface area contributed by atoms with E-state index in [1.807, 2.05) is 0 Å². The first-order valence-electron chi connectivity index (χ1n) is 7.03. The van der Waals surface area contributed by atoms with Gasteiger partial charge in [0.2, 0.25) is 5.91 Å². The van der Waals surface area contributed by atoms with E-state index in [4.69, 9.17) is 4.74 Å². The van der Waals surface area contributed by atoms with Crippen molar-refractivity contribution in [3.05, 3.63) is 35.4 Å². The van der Waals surface area contributed by atoms with Crippen molar-refractivity contribution in [3.8, 4) is 0 Å². The summed E-state index contributed by atoms with van der Waals surface area (Å²) in [5, 5.41) is 3.00. The van der Waals surface area contributed by atoms with E-state index >= 15 is 0 Å². The molecule has 0 aliphatic carbocycles. The molecule has 0 radical (unpaired) electrons. The van der Waals surface area contributed by atoms with Gasteiger partial charge in [-0.1, -0.05) is 38.1 Å². The SMILES string of the molecule is CCc1ccc(CCC(=O)NCC2(C)COC2)cc1. The molecule has 0 unspecified atom stereocenters. The van der Waals surface area contributed by atoms with Crippen molar-refractivity contribution in [1.29, 1.82) is 0 Å². The van der Waals surface area contributed by atoms with E-state index in [0.29, 0.717) is 6.42 Å². The molecule has 1 amide bonds. The average Bonchev–Trinajstić information content (AvgIpc) is 2.41. The molecule has 1 aliphatic rings. The number of rotatable bonds is 6. The molecule has 2 rings (SSSR count). The molecule has 1 aromatic carbocycles. The summed E-state index contributed by atoms with van der Waals surface area (Å²) in [6, 6.07) is 8.51. The Bertz CT molecular complexity index is 421. The Morgan fingerprint density at radius 3 is 2.42 bits per heavy atom. The Kier molecular flexibility index (Phi) is 4.59. The zero-order chi connectivity index (χ0) is 13.7. The molecule has 19 heavy (non-hydrogen) atoms. The third-order valence-electron chi connectivity index (χ3n) is 3.69. The molecule has 104 valence electrons. The molecule has 0 spiro atoms. The third-order valence-corrected chi connectivity index (χ3v) is 3.69. The fraction of sp³-hybridized carbons (Fsp3) is 0.562. The van der Waals surface area contributed by atoms with Crippen LogP contribution in [0.5, 0.6) is 0 Å². The lowest BCUT2D eigenvalue weighted by molar-refractivity contribution is -0.126. The van der Waals surface area contributed by atoms with Crippen molar-refractivity contribution < 1.29 is 9.53 Å². The van der Waals surface area contributed by atoms with E-state index in [1.165, 1.54) is 11.1 Å². The van der Waals surface area contributed by atoms with Gasteiger partial charge in [-0.3, -0.25) is 4.79 Å². The van der Waals surface area contributed by atoms with Gasteiger partial charge in [0, 0.05) is 18.4 Å². The molecule has 1 heterocycles.